The summed E-state index contributed by atoms with van der Waals surface area (Å²) in [6.07, 6.45) is 5.27. The van der Waals surface area contributed by atoms with Gasteiger partial charge < -0.3 is 5.32 Å². The molecule has 0 aromatic heterocycles. The van der Waals surface area contributed by atoms with Crippen molar-refractivity contribution in [2.24, 2.45) is 0 Å². The Morgan fingerprint density at radius 1 is 1.14 bits per heavy atom. The van der Waals surface area contributed by atoms with E-state index >= 15 is 0 Å². The minimum Gasteiger partial charge on any atom is -0.310 e. The van der Waals surface area contributed by atoms with Crippen molar-refractivity contribution in [2.45, 2.75) is 56.0 Å². The fraction of sp³-hybridized carbons (Fsp3) is 0.625. The van der Waals surface area contributed by atoms with E-state index in [9.17, 15) is 8.42 Å². The van der Waals surface area contributed by atoms with E-state index in [1.807, 2.05) is 12.1 Å². The second kappa shape index (κ2) is 6.07. The second-order valence-corrected chi connectivity index (χ2v) is 8.12. The molecule has 0 amide bonds. The van der Waals surface area contributed by atoms with E-state index in [1.165, 1.54) is 12.0 Å². The molecule has 0 radical (unpaired) electrons. The number of fused-ring (bicyclic) bond motifs is 2. The van der Waals surface area contributed by atoms with Crippen LogP contribution in [0.2, 0.25) is 0 Å². The maximum atomic E-state index is 12.8. The molecule has 2 aliphatic rings. The monoisotopic (exact) mass is 308 g/mol. The number of rotatable bonds is 4. The molecule has 1 aromatic carbocycles. The van der Waals surface area contributed by atoms with Gasteiger partial charge in [-0.25, -0.2) is 8.42 Å². The van der Waals surface area contributed by atoms with Gasteiger partial charge in [0.1, 0.15) is 0 Å². The van der Waals surface area contributed by atoms with Crippen molar-refractivity contribution >= 4 is 10.0 Å². The largest absolute Gasteiger partial charge is 0.310 e. The molecule has 2 unspecified atom stereocenters. The van der Waals surface area contributed by atoms with Crippen LogP contribution >= 0.6 is 0 Å². The van der Waals surface area contributed by atoms with Crippen LogP contribution in [0.5, 0.6) is 0 Å². The van der Waals surface area contributed by atoms with Crippen molar-refractivity contribution in [3.05, 3.63) is 29.8 Å². The number of nitrogens with one attached hydrogen (secondary N) is 1. The van der Waals surface area contributed by atoms with Gasteiger partial charge in [0.2, 0.25) is 10.0 Å². The molecule has 1 N–H and O–H groups in total. The van der Waals surface area contributed by atoms with Gasteiger partial charge >= 0.3 is 0 Å². The zero-order chi connectivity index (χ0) is 14.9. The molecule has 0 aliphatic carbocycles. The first-order valence-electron chi connectivity index (χ1n) is 7.94. The van der Waals surface area contributed by atoms with Gasteiger partial charge in [-0.2, -0.15) is 4.31 Å². The Hall–Kier alpha value is -0.910. The van der Waals surface area contributed by atoms with Crippen molar-refractivity contribution in [1.29, 1.82) is 0 Å². The van der Waals surface area contributed by atoms with E-state index in [-0.39, 0.29) is 0 Å². The van der Waals surface area contributed by atoms with Gasteiger partial charge in [0.15, 0.2) is 0 Å². The van der Waals surface area contributed by atoms with E-state index in [1.54, 1.807) is 16.4 Å². The molecule has 2 bridgehead atoms. The van der Waals surface area contributed by atoms with E-state index in [0.29, 0.717) is 30.1 Å². The van der Waals surface area contributed by atoms with E-state index in [4.69, 9.17) is 0 Å². The maximum absolute atomic E-state index is 12.8. The molecular formula is C16H24N2O2S. The molecule has 3 rings (SSSR count). The fourth-order valence-electron chi connectivity index (χ4n) is 3.40. The molecule has 2 fully saturated rings. The number of aryl methyl sites for hydroxylation is 1. The van der Waals surface area contributed by atoms with Crippen LogP contribution in [0.1, 0.15) is 38.2 Å². The van der Waals surface area contributed by atoms with Crippen LogP contribution < -0.4 is 5.32 Å². The lowest BCUT2D eigenvalue weighted by atomic mass is 10.1. The topological polar surface area (TPSA) is 49.4 Å². The van der Waals surface area contributed by atoms with Crippen LogP contribution in [-0.2, 0) is 16.4 Å². The first-order valence-corrected chi connectivity index (χ1v) is 9.38. The Balaban J connectivity index is 1.79. The summed E-state index contributed by atoms with van der Waals surface area (Å²) < 4.78 is 27.2. The Bertz CT molecular complexity index is 583. The van der Waals surface area contributed by atoms with Crippen LogP contribution in [0.4, 0.5) is 0 Å². The summed E-state index contributed by atoms with van der Waals surface area (Å²) in [4.78, 5) is 0.431. The van der Waals surface area contributed by atoms with E-state index in [0.717, 1.165) is 25.7 Å². The summed E-state index contributed by atoms with van der Waals surface area (Å²) in [6, 6.07) is 8.24. The van der Waals surface area contributed by atoms with Crippen LogP contribution in [0.3, 0.4) is 0 Å². The van der Waals surface area contributed by atoms with E-state index < -0.39 is 10.0 Å². The van der Waals surface area contributed by atoms with Crippen molar-refractivity contribution in [1.82, 2.24) is 9.62 Å². The summed E-state index contributed by atoms with van der Waals surface area (Å²) in [7, 11) is -3.35. The van der Waals surface area contributed by atoms with Crippen LogP contribution in [0, 0.1) is 0 Å². The number of benzene rings is 1. The van der Waals surface area contributed by atoms with Crippen molar-refractivity contribution in [3.8, 4) is 0 Å². The highest BCUT2D eigenvalue weighted by Crippen LogP contribution is 2.25. The minimum atomic E-state index is -3.35. The standard InChI is InChI=1S/C16H24N2O2S/c1-2-3-13-4-8-16(9-5-13)21(19,20)18-11-10-14-6-7-15(12-18)17-14/h4-5,8-9,14-15,17H,2-3,6-7,10-12H2,1H3. The third-order valence-electron chi connectivity index (χ3n) is 4.59. The molecule has 2 heterocycles. The van der Waals surface area contributed by atoms with Crippen molar-refractivity contribution in [3.63, 3.8) is 0 Å². The predicted molar refractivity (Wildman–Crippen MR) is 83.8 cm³/mol. The summed E-state index contributed by atoms with van der Waals surface area (Å²) in [5.41, 5.74) is 1.20. The van der Waals surface area contributed by atoms with Gasteiger partial charge in [0.25, 0.3) is 0 Å². The zero-order valence-corrected chi connectivity index (χ0v) is 13.4. The number of hydrogen-bond acceptors (Lipinski definition) is 3. The first-order chi connectivity index (χ1) is 10.1. The van der Waals surface area contributed by atoms with E-state index in [2.05, 4.69) is 12.2 Å². The van der Waals surface area contributed by atoms with Crippen LogP contribution in [0.25, 0.3) is 0 Å². The third-order valence-corrected chi connectivity index (χ3v) is 6.47. The first kappa shape index (κ1) is 15.0. The fourth-order valence-corrected chi connectivity index (χ4v) is 4.90. The molecule has 1 aromatic rings. The lowest BCUT2D eigenvalue weighted by Crippen LogP contribution is -2.39. The van der Waals surface area contributed by atoms with Gasteiger partial charge in [-0.05, 0) is 43.4 Å². The van der Waals surface area contributed by atoms with Crippen LogP contribution in [0.15, 0.2) is 29.2 Å². The number of sulfonamides is 1. The average molecular weight is 308 g/mol. The molecule has 0 spiro atoms. The molecule has 5 heteroatoms. The zero-order valence-electron chi connectivity index (χ0n) is 12.6. The quantitative estimate of drug-likeness (QED) is 0.927. The third kappa shape index (κ3) is 3.15. The van der Waals surface area contributed by atoms with Gasteiger partial charge in [0, 0.05) is 25.2 Å². The molecule has 21 heavy (non-hydrogen) atoms. The van der Waals surface area contributed by atoms with Gasteiger partial charge in [0.05, 0.1) is 4.90 Å². The molecular weight excluding hydrogens is 284 g/mol. The number of hydrogen-bond donors (Lipinski definition) is 1. The smallest absolute Gasteiger partial charge is 0.243 e. The molecule has 2 aliphatic heterocycles. The second-order valence-electron chi connectivity index (χ2n) is 6.18. The minimum absolute atomic E-state index is 0.326. The Kier molecular flexibility index (Phi) is 4.33. The predicted octanol–water partition coefficient (Wildman–Crippen LogP) is 2.15. The lowest BCUT2D eigenvalue weighted by Gasteiger charge is -2.23. The SMILES string of the molecule is CCCc1ccc(S(=O)(=O)N2CCC3CCC(C2)N3)cc1. The average Bonchev–Trinajstić information content (AvgIpc) is 2.78. The van der Waals surface area contributed by atoms with Crippen molar-refractivity contribution < 1.29 is 8.42 Å². The molecule has 0 saturated carbocycles. The highest BCUT2D eigenvalue weighted by molar-refractivity contribution is 7.89. The lowest BCUT2D eigenvalue weighted by molar-refractivity contribution is 0.383. The molecule has 2 saturated heterocycles. The molecule has 4 nitrogen and oxygen atoms in total. The Morgan fingerprint density at radius 3 is 2.57 bits per heavy atom. The molecule has 2 atom stereocenters. The molecule has 116 valence electrons. The Labute approximate surface area is 127 Å². The van der Waals surface area contributed by atoms with Gasteiger partial charge in [-0.1, -0.05) is 25.5 Å². The highest BCUT2D eigenvalue weighted by Gasteiger charge is 2.34. The normalized spacial score (nSPS) is 26.7. The Morgan fingerprint density at radius 2 is 1.86 bits per heavy atom. The van der Waals surface area contributed by atoms with Crippen LogP contribution in [-0.4, -0.2) is 37.9 Å². The number of nitrogens with zero attached hydrogens (tertiary/aromatic N) is 1. The van der Waals surface area contributed by atoms with Crippen molar-refractivity contribution in [2.75, 3.05) is 13.1 Å². The maximum Gasteiger partial charge on any atom is 0.243 e. The summed E-state index contributed by atoms with van der Waals surface area (Å²) in [5.74, 6) is 0. The summed E-state index contributed by atoms with van der Waals surface area (Å²) >= 11 is 0. The van der Waals surface area contributed by atoms with Gasteiger partial charge in [-0.15, -0.1) is 0 Å². The summed E-state index contributed by atoms with van der Waals surface area (Å²) in [5, 5.41) is 3.53. The summed E-state index contributed by atoms with van der Waals surface area (Å²) in [6.45, 7) is 3.37. The van der Waals surface area contributed by atoms with Gasteiger partial charge in [-0.3, -0.25) is 0 Å². The highest BCUT2D eigenvalue weighted by atomic mass is 32.2.